The lowest BCUT2D eigenvalue weighted by atomic mass is 10.1. The number of hydrogen-bond donors (Lipinski definition) is 0. The maximum absolute atomic E-state index is 12.5. The van der Waals surface area contributed by atoms with Gasteiger partial charge in [0.25, 0.3) is 0 Å². The van der Waals surface area contributed by atoms with E-state index in [0.717, 1.165) is 17.9 Å². The molecule has 1 fully saturated rings. The minimum atomic E-state index is 0.00880. The number of hydrogen-bond acceptors (Lipinski definition) is 3. The fourth-order valence-electron chi connectivity index (χ4n) is 2.41. The molecule has 1 unspecified atom stereocenters. The van der Waals surface area contributed by atoms with Crippen molar-refractivity contribution in [3.05, 3.63) is 60.2 Å². The lowest BCUT2D eigenvalue weighted by Gasteiger charge is -2.16. The Labute approximate surface area is 128 Å². The second-order valence-electron chi connectivity index (χ2n) is 4.94. The highest BCUT2D eigenvalue weighted by molar-refractivity contribution is 8.01. The monoisotopic (exact) mass is 299 g/mol. The van der Waals surface area contributed by atoms with E-state index in [1.165, 1.54) is 5.56 Å². The number of carbonyl (C=O) groups excluding carboxylic acids is 1. The summed E-state index contributed by atoms with van der Waals surface area (Å²) in [4.78, 5) is 14.4. The van der Waals surface area contributed by atoms with Crippen molar-refractivity contribution < 1.29 is 9.53 Å². The van der Waals surface area contributed by atoms with Gasteiger partial charge >= 0.3 is 0 Å². The van der Waals surface area contributed by atoms with Gasteiger partial charge in [0.1, 0.15) is 5.75 Å². The molecule has 3 nitrogen and oxygen atoms in total. The van der Waals surface area contributed by atoms with Gasteiger partial charge in [-0.3, -0.25) is 4.79 Å². The van der Waals surface area contributed by atoms with Crippen molar-refractivity contribution in [1.82, 2.24) is 0 Å². The van der Waals surface area contributed by atoms with Gasteiger partial charge in [-0.1, -0.05) is 30.3 Å². The zero-order valence-electron chi connectivity index (χ0n) is 11.9. The number of nitrogens with zero attached hydrogens (tertiary/aromatic N) is 1. The number of ether oxygens (including phenoxy) is 1. The van der Waals surface area contributed by atoms with Gasteiger partial charge in [0.2, 0.25) is 5.91 Å². The number of rotatable bonds is 4. The van der Waals surface area contributed by atoms with E-state index in [0.29, 0.717) is 5.88 Å². The molecular weight excluding hydrogens is 282 g/mol. The first-order valence-corrected chi connectivity index (χ1v) is 7.94. The predicted octanol–water partition coefficient (Wildman–Crippen LogP) is 3.34. The summed E-state index contributed by atoms with van der Waals surface area (Å²) in [6.07, 6.45) is 0.789. The maximum Gasteiger partial charge on any atom is 0.241 e. The average Bonchev–Trinajstić information content (AvgIpc) is 2.89. The average molecular weight is 299 g/mol. The molecule has 1 atom stereocenters. The van der Waals surface area contributed by atoms with Gasteiger partial charge in [-0.2, -0.15) is 0 Å². The van der Waals surface area contributed by atoms with Crippen LogP contribution in [-0.4, -0.2) is 24.1 Å². The van der Waals surface area contributed by atoms with E-state index in [1.54, 1.807) is 18.9 Å². The van der Waals surface area contributed by atoms with E-state index < -0.39 is 0 Å². The summed E-state index contributed by atoms with van der Waals surface area (Å²) in [7, 11) is 1.64. The predicted molar refractivity (Wildman–Crippen MR) is 86.9 cm³/mol. The second kappa shape index (κ2) is 6.22. The molecular formula is C17H17NO2S. The molecule has 3 rings (SSSR count). The summed E-state index contributed by atoms with van der Waals surface area (Å²) in [5.41, 5.74) is 2.14. The van der Waals surface area contributed by atoms with E-state index in [2.05, 4.69) is 12.1 Å². The Bertz CT molecular complexity index is 612. The summed E-state index contributed by atoms with van der Waals surface area (Å²) >= 11 is 1.70. The number of anilines is 1. The van der Waals surface area contributed by atoms with Crippen molar-refractivity contribution in [3.63, 3.8) is 0 Å². The molecule has 0 aliphatic carbocycles. The SMILES string of the molecule is COc1ccc(N2CSC(Cc3ccccc3)C2=O)cc1. The van der Waals surface area contributed by atoms with Crippen LogP contribution in [0.1, 0.15) is 5.56 Å². The molecule has 0 spiro atoms. The van der Waals surface area contributed by atoms with Crippen LogP contribution in [0.4, 0.5) is 5.69 Å². The minimum absolute atomic E-state index is 0.00880. The van der Waals surface area contributed by atoms with Crippen molar-refractivity contribution in [2.75, 3.05) is 17.9 Å². The van der Waals surface area contributed by atoms with Gasteiger partial charge in [-0.05, 0) is 36.2 Å². The molecule has 4 heteroatoms. The molecule has 2 aromatic carbocycles. The molecule has 0 saturated carbocycles. The van der Waals surface area contributed by atoms with Crippen molar-refractivity contribution in [3.8, 4) is 5.75 Å². The standard InChI is InChI=1S/C17H17NO2S/c1-20-15-9-7-14(8-10-15)18-12-21-16(17(18)19)11-13-5-3-2-4-6-13/h2-10,16H,11-12H2,1H3. The zero-order chi connectivity index (χ0) is 14.7. The molecule has 0 aromatic heterocycles. The molecule has 21 heavy (non-hydrogen) atoms. The quantitative estimate of drug-likeness (QED) is 0.867. The topological polar surface area (TPSA) is 29.5 Å². The van der Waals surface area contributed by atoms with Crippen LogP contribution in [-0.2, 0) is 11.2 Å². The third-order valence-electron chi connectivity index (χ3n) is 3.59. The maximum atomic E-state index is 12.5. The number of carbonyl (C=O) groups is 1. The van der Waals surface area contributed by atoms with Gasteiger partial charge < -0.3 is 9.64 Å². The highest BCUT2D eigenvalue weighted by atomic mass is 32.2. The van der Waals surface area contributed by atoms with Crippen LogP contribution < -0.4 is 9.64 Å². The van der Waals surface area contributed by atoms with Gasteiger partial charge in [0, 0.05) is 5.69 Å². The van der Waals surface area contributed by atoms with Crippen LogP contribution in [0, 0.1) is 0 Å². The Kier molecular flexibility index (Phi) is 4.15. The van der Waals surface area contributed by atoms with E-state index in [9.17, 15) is 4.79 Å². The summed E-state index contributed by atoms with van der Waals surface area (Å²) in [5, 5.41) is 0.00880. The summed E-state index contributed by atoms with van der Waals surface area (Å²) < 4.78 is 5.15. The van der Waals surface area contributed by atoms with Gasteiger partial charge in [0.15, 0.2) is 0 Å². The van der Waals surface area contributed by atoms with Crippen LogP contribution in [0.2, 0.25) is 0 Å². The molecule has 0 radical (unpaired) electrons. The van der Waals surface area contributed by atoms with Crippen molar-refractivity contribution in [2.45, 2.75) is 11.7 Å². The number of amides is 1. The highest BCUT2D eigenvalue weighted by Crippen LogP contribution is 2.32. The summed E-state index contributed by atoms with van der Waals surface area (Å²) in [5.74, 6) is 1.70. The Hall–Kier alpha value is -1.94. The Morgan fingerprint density at radius 2 is 1.86 bits per heavy atom. The van der Waals surface area contributed by atoms with E-state index in [-0.39, 0.29) is 11.2 Å². The third-order valence-corrected chi connectivity index (χ3v) is 4.77. The van der Waals surface area contributed by atoms with Gasteiger partial charge in [-0.25, -0.2) is 0 Å². The van der Waals surface area contributed by atoms with E-state index in [4.69, 9.17) is 4.74 Å². The van der Waals surface area contributed by atoms with Crippen LogP contribution in [0.15, 0.2) is 54.6 Å². The molecule has 1 amide bonds. The normalized spacial score (nSPS) is 18.0. The van der Waals surface area contributed by atoms with Crippen molar-refractivity contribution >= 4 is 23.4 Å². The number of methoxy groups -OCH3 is 1. The van der Waals surface area contributed by atoms with Crippen molar-refractivity contribution in [1.29, 1.82) is 0 Å². The first-order chi connectivity index (χ1) is 10.3. The highest BCUT2D eigenvalue weighted by Gasteiger charge is 2.33. The fraction of sp³-hybridized carbons (Fsp3) is 0.235. The molecule has 2 aromatic rings. The fourth-order valence-corrected chi connectivity index (χ4v) is 3.60. The molecule has 0 bridgehead atoms. The smallest absolute Gasteiger partial charge is 0.241 e. The minimum Gasteiger partial charge on any atom is -0.497 e. The third kappa shape index (κ3) is 3.05. The number of thioether (sulfide) groups is 1. The van der Waals surface area contributed by atoms with Crippen LogP contribution in [0.25, 0.3) is 0 Å². The molecule has 0 N–H and O–H groups in total. The number of benzene rings is 2. The summed E-state index contributed by atoms with van der Waals surface area (Å²) in [6.45, 7) is 0. The van der Waals surface area contributed by atoms with E-state index in [1.807, 2.05) is 47.4 Å². The first kappa shape index (κ1) is 14.0. The van der Waals surface area contributed by atoms with Crippen molar-refractivity contribution in [2.24, 2.45) is 0 Å². The molecule has 108 valence electrons. The first-order valence-electron chi connectivity index (χ1n) is 6.89. The van der Waals surface area contributed by atoms with Crippen LogP contribution in [0.3, 0.4) is 0 Å². The largest absolute Gasteiger partial charge is 0.497 e. The zero-order valence-corrected chi connectivity index (χ0v) is 12.7. The Morgan fingerprint density at radius 1 is 1.14 bits per heavy atom. The lowest BCUT2D eigenvalue weighted by molar-refractivity contribution is -0.117. The second-order valence-corrected chi connectivity index (χ2v) is 6.10. The molecule has 1 saturated heterocycles. The Morgan fingerprint density at radius 3 is 2.52 bits per heavy atom. The van der Waals surface area contributed by atoms with Gasteiger partial charge in [0.05, 0.1) is 18.2 Å². The molecule has 1 aliphatic rings. The van der Waals surface area contributed by atoms with Crippen LogP contribution in [0.5, 0.6) is 5.75 Å². The van der Waals surface area contributed by atoms with Crippen LogP contribution >= 0.6 is 11.8 Å². The lowest BCUT2D eigenvalue weighted by Crippen LogP contribution is -2.30. The van der Waals surface area contributed by atoms with E-state index >= 15 is 0 Å². The molecule has 1 heterocycles. The Balaban J connectivity index is 1.71. The van der Waals surface area contributed by atoms with Gasteiger partial charge in [-0.15, -0.1) is 11.8 Å². The summed E-state index contributed by atoms with van der Waals surface area (Å²) in [6, 6.07) is 17.8. The molecule has 1 aliphatic heterocycles.